The molecule has 6 nitrogen and oxygen atoms in total. The predicted molar refractivity (Wildman–Crippen MR) is 133 cm³/mol. The number of pyridine rings is 1. The van der Waals surface area contributed by atoms with E-state index in [9.17, 15) is 13.2 Å². The molecule has 0 aliphatic carbocycles. The summed E-state index contributed by atoms with van der Waals surface area (Å²) in [7, 11) is 3.02. The highest BCUT2D eigenvalue weighted by Gasteiger charge is 2.30. The lowest BCUT2D eigenvalue weighted by atomic mass is 10.1. The Kier molecular flexibility index (Phi) is 7.40. The maximum absolute atomic E-state index is 15.2. The summed E-state index contributed by atoms with van der Waals surface area (Å²) in [6.45, 7) is 1.72. The number of halogens is 4. The summed E-state index contributed by atoms with van der Waals surface area (Å²) < 4.78 is 71.1. The standard InChI is InChI=1S/C27H25F4N3O3/c1-16(32)34(15-17-5-4-6-18(11-17)27(29,30)31)19-7-8-24(21(28)12-19)37-23-9-10-33-22-14-26(36-3)25(35-2)13-20(22)23/h4-14,16H,15,32H2,1-3H3. The summed E-state index contributed by atoms with van der Waals surface area (Å²) in [6, 6.07) is 14.2. The zero-order valence-corrected chi connectivity index (χ0v) is 20.3. The van der Waals surface area contributed by atoms with E-state index in [0.717, 1.165) is 12.1 Å². The van der Waals surface area contributed by atoms with E-state index >= 15 is 4.39 Å². The van der Waals surface area contributed by atoms with Crippen molar-refractivity contribution in [3.8, 4) is 23.0 Å². The minimum Gasteiger partial charge on any atom is -0.493 e. The molecule has 0 bridgehead atoms. The van der Waals surface area contributed by atoms with Gasteiger partial charge in [0.1, 0.15) is 5.75 Å². The molecule has 1 heterocycles. The van der Waals surface area contributed by atoms with Gasteiger partial charge in [-0.3, -0.25) is 4.98 Å². The number of ether oxygens (including phenoxy) is 3. The summed E-state index contributed by atoms with van der Waals surface area (Å²) in [6.07, 6.45) is -3.54. The van der Waals surface area contributed by atoms with Gasteiger partial charge in [0.2, 0.25) is 0 Å². The molecule has 2 N–H and O–H groups in total. The normalized spacial score (nSPS) is 12.3. The Hall–Kier alpha value is -4.05. The van der Waals surface area contributed by atoms with Gasteiger partial charge in [0.05, 0.1) is 31.5 Å². The van der Waals surface area contributed by atoms with Crippen LogP contribution in [0.15, 0.2) is 66.9 Å². The van der Waals surface area contributed by atoms with Crippen LogP contribution in [-0.2, 0) is 12.7 Å². The minimum absolute atomic E-state index is 0.0465. The van der Waals surface area contributed by atoms with Gasteiger partial charge in [-0.05, 0) is 48.9 Å². The second kappa shape index (κ2) is 10.5. The second-order valence-electron chi connectivity index (χ2n) is 8.32. The number of aromatic nitrogens is 1. The van der Waals surface area contributed by atoms with Crippen molar-refractivity contribution in [2.75, 3.05) is 19.1 Å². The van der Waals surface area contributed by atoms with E-state index in [1.165, 1.54) is 38.6 Å². The van der Waals surface area contributed by atoms with Crippen molar-refractivity contribution in [3.05, 3.63) is 83.8 Å². The fourth-order valence-corrected chi connectivity index (χ4v) is 3.92. The van der Waals surface area contributed by atoms with Crippen LogP contribution in [0.4, 0.5) is 23.2 Å². The number of nitrogens with zero attached hydrogens (tertiary/aromatic N) is 2. The molecule has 194 valence electrons. The van der Waals surface area contributed by atoms with Gasteiger partial charge in [-0.1, -0.05) is 12.1 Å². The summed E-state index contributed by atoms with van der Waals surface area (Å²) in [5.41, 5.74) is 6.67. The van der Waals surface area contributed by atoms with Gasteiger partial charge in [-0.15, -0.1) is 0 Å². The van der Waals surface area contributed by atoms with Crippen LogP contribution >= 0.6 is 0 Å². The largest absolute Gasteiger partial charge is 0.493 e. The molecule has 3 aromatic carbocycles. The Morgan fingerprint density at radius 1 is 0.919 bits per heavy atom. The molecule has 0 fully saturated rings. The fourth-order valence-electron chi connectivity index (χ4n) is 3.92. The average molecular weight is 516 g/mol. The monoisotopic (exact) mass is 515 g/mol. The first-order valence-electron chi connectivity index (χ1n) is 11.3. The van der Waals surface area contributed by atoms with Crippen molar-refractivity contribution < 1.29 is 31.8 Å². The first-order chi connectivity index (χ1) is 17.6. The van der Waals surface area contributed by atoms with E-state index in [2.05, 4.69) is 4.98 Å². The zero-order chi connectivity index (χ0) is 26.7. The number of hydrogen-bond acceptors (Lipinski definition) is 6. The van der Waals surface area contributed by atoms with Crippen LogP contribution in [0.1, 0.15) is 18.1 Å². The van der Waals surface area contributed by atoms with Crippen molar-refractivity contribution in [3.63, 3.8) is 0 Å². The Bertz CT molecular complexity index is 1410. The third-order valence-corrected chi connectivity index (χ3v) is 5.77. The maximum Gasteiger partial charge on any atom is 0.416 e. The molecule has 1 aromatic heterocycles. The van der Waals surface area contributed by atoms with E-state index in [0.29, 0.717) is 39.4 Å². The number of methoxy groups -OCH3 is 2. The SMILES string of the molecule is COc1cc2nccc(Oc3ccc(N(Cc4cccc(C(F)(F)F)c4)C(C)N)cc3F)c2cc1OC. The Morgan fingerprint density at radius 3 is 2.30 bits per heavy atom. The molecule has 1 unspecified atom stereocenters. The van der Waals surface area contributed by atoms with Crippen LogP contribution in [0.25, 0.3) is 10.9 Å². The van der Waals surface area contributed by atoms with Crippen molar-refractivity contribution in [1.82, 2.24) is 4.98 Å². The van der Waals surface area contributed by atoms with Gasteiger partial charge >= 0.3 is 6.18 Å². The van der Waals surface area contributed by atoms with Crippen molar-refractivity contribution in [1.29, 1.82) is 0 Å². The third kappa shape index (κ3) is 5.69. The van der Waals surface area contributed by atoms with E-state index in [1.54, 1.807) is 42.2 Å². The Balaban J connectivity index is 1.62. The summed E-state index contributed by atoms with van der Waals surface area (Å²) in [5, 5.41) is 0.588. The molecule has 0 saturated heterocycles. The number of fused-ring (bicyclic) bond motifs is 1. The number of hydrogen-bond donors (Lipinski definition) is 1. The van der Waals surface area contributed by atoms with Crippen LogP contribution in [-0.4, -0.2) is 25.4 Å². The summed E-state index contributed by atoms with van der Waals surface area (Å²) in [4.78, 5) is 5.91. The molecule has 4 aromatic rings. The van der Waals surface area contributed by atoms with E-state index in [4.69, 9.17) is 19.9 Å². The minimum atomic E-state index is -4.47. The quantitative estimate of drug-likeness (QED) is 0.213. The highest BCUT2D eigenvalue weighted by Crippen LogP contribution is 2.38. The molecule has 0 aliphatic heterocycles. The van der Waals surface area contributed by atoms with Gasteiger partial charge in [0.15, 0.2) is 23.1 Å². The predicted octanol–water partition coefficient (Wildman–Crippen LogP) is 6.51. The molecule has 0 radical (unpaired) electrons. The number of alkyl halides is 3. The zero-order valence-electron chi connectivity index (χ0n) is 20.3. The summed E-state index contributed by atoms with van der Waals surface area (Å²) in [5.74, 6) is 0.593. The van der Waals surface area contributed by atoms with Crippen molar-refractivity contribution >= 4 is 16.6 Å². The lowest BCUT2D eigenvalue weighted by Gasteiger charge is -2.29. The van der Waals surface area contributed by atoms with Gasteiger partial charge < -0.3 is 24.8 Å². The molecule has 4 rings (SSSR count). The number of rotatable bonds is 8. The first kappa shape index (κ1) is 26.0. The van der Waals surface area contributed by atoms with Crippen LogP contribution in [0.5, 0.6) is 23.0 Å². The van der Waals surface area contributed by atoms with Crippen LogP contribution in [0.3, 0.4) is 0 Å². The maximum atomic E-state index is 15.2. The van der Waals surface area contributed by atoms with E-state index in [-0.39, 0.29) is 12.3 Å². The molecular formula is C27H25F4N3O3. The van der Waals surface area contributed by atoms with E-state index in [1.807, 2.05) is 0 Å². The van der Waals surface area contributed by atoms with Gasteiger partial charge in [-0.2, -0.15) is 13.2 Å². The van der Waals surface area contributed by atoms with Crippen molar-refractivity contribution in [2.45, 2.75) is 25.8 Å². The number of anilines is 1. The molecule has 0 aliphatic rings. The lowest BCUT2D eigenvalue weighted by Crippen LogP contribution is -2.39. The fraction of sp³-hybridized carbons (Fsp3) is 0.222. The van der Waals surface area contributed by atoms with Crippen molar-refractivity contribution in [2.24, 2.45) is 5.73 Å². The molecule has 1 atom stereocenters. The molecule has 10 heteroatoms. The molecule has 0 amide bonds. The van der Waals surface area contributed by atoms with Gasteiger partial charge in [0, 0.05) is 35.9 Å². The van der Waals surface area contributed by atoms with Crippen LogP contribution in [0, 0.1) is 5.82 Å². The Morgan fingerprint density at radius 2 is 1.65 bits per heavy atom. The molecular weight excluding hydrogens is 490 g/mol. The number of nitrogens with two attached hydrogens (primary N) is 1. The lowest BCUT2D eigenvalue weighted by molar-refractivity contribution is -0.137. The second-order valence-corrected chi connectivity index (χ2v) is 8.32. The third-order valence-electron chi connectivity index (χ3n) is 5.77. The van der Waals surface area contributed by atoms with Crippen LogP contribution < -0.4 is 24.8 Å². The average Bonchev–Trinajstić information content (AvgIpc) is 2.87. The first-order valence-corrected chi connectivity index (χ1v) is 11.3. The number of benzene rings is 3. The van der Waals surface area contributed by atoms with Gasteiger partial charge in [-0.25, -0.2) is 4.39 Å². The van der Waals surface area contributed by atoms with Gasteiger partial charge in [0.25, 0.3) is 0 Å². The Labute approximate surface area is 211 Å². The highest BCUT2D eigenvalue weighted by molar-refractivity contribution is 5.88. The highest BCUT2D eigenvalue weighted by atomic mass is 19.4. The summed E-state index contributed by atoms with van der Waals surface area (Å²) >= 11 is 0. The molecule has 37 heavy (non-hydrogen) atoms. The molecule has 0 spiro atoms. The smallest absolute Gasteiger partial charge is 0.416 e. The topological polar surface area (TPSA) is 69.8 Å². The van der Waals surface area contributed by atoms with Crippen LogP contribution in [0.2, 0.25) is 0 Å². The molecule has 0 saturated carbocycles. The van der Waals surface area contributed by atoms with E-state index < -0.39 is 23.7 Å².